The lowest BCUT2D eigenvalue weighted by Crippen LogP contribution is -2.39. The summed E-state index contributed by atoms with van der Waals surface area (Å²) in [7, 11) is 1.96. The lowest BCUT2D eigenvalue weighted by atomic mass is 9.87. The fraction of sp³-hybridized carbons (Fsp3) is 0.316. The fourth-order valence-electron chi connectivity index (χ4n) is 2.93. The van der Waals surface area contributed by atoms with Crippen molar-refractivity contribution >= 4 is 5.78 Å². The summed E-state index contributed by atoms with van der Waals surface area (Å²) in [6.07, 6.45) is 12.5. The molecule has 0 radical (unpaired) electrons. The van der Waals surface area contributed by atoms with Crippen LogP contribution in [0.3, 0.4) is 0 Å². The Morgan fingerprint density at radius 3 is 2.91 bits per heavy atom. The molecule has 4 nitrogen and oxygen atoms in total. The second-order valence-corrected chi connectivity index (χ2v) is 6.14. The largest absolute Gasteiger partial charge is 0.485 e. The summed E-state index contributed by atoms with van der Waals surface area (Å²) in [6, 6.07) is 0.120. The van der Waals surface area contributed by atoms with Crippen LogP contribution in [0.25, 0.3) is 0 Å². The van der Waals surface area contributed by atoms with Gasteiger partial charge in [-0.1, -0.05) is 29.9 Å². The molecule has 0 aromatic carbocycles. The molecule has 120 valence electrons. The Morgan fingerprint density at radius 1 is 1.39 bits per heavy atom. The van der Waals surface area contributed by atoms with Gasteiger partial charge in [-0.3, -0.25) is 4.79 Å². The van der Waals surface area contributed by atoms with Gasteiger partial charge >= 0.3 is 0 Å². The smallest absolute Gasteiger partial charge is 0.230 e. The van der Waals surface area contributed by atoms with Crippen LogP contribution in [-0.4, -0.2) is 41.6 Å². The zero-order valence-electron chi connectivity index (χ0n) is 13.6. The normalized spacial score (nSPS) is 25.6. The standard InChI is InChI=1S/C19H21NO3/c1-12(2)8-9-23-19-14-10-13-6-4-5-7-15(13)20(3)16(14)11-17(21)18(19)22/h4-8,10-11,15,17,21H,9H2,1-3H3. The first kappa shape index (κ1) is 15.6. The van der Waals surface area contributed by atoms with E-state index in [0.717, 1.165) is 22.4 Å². The number of carbonyl (C=O) groups is 1. The Kier molecular flexibility index (Phi) is 4.09. The maximum Gasteiger partial charge on any atom is 0.230 e. The molecular weight excluding hydrogens is 290 g/mol. The zero-order valence-corrected chi connectivity index (χ0v) is 13.6. The molecule has 0 aromatic rings. The summed E-state index contributed by atoms with van der Waals surface area (Å²) in [4.78, 5) is 14.4. The topological polar surface area (TPSA) is 49.8 Å². The van der Waals surface area contributed by atoms with Crippen molar-refractivity contribution in [2.45, 2.75) is 26.0 Å². The van der Waals surface area contributed by atoms with Crippen molar-refractivity contribution in [3.8, 4) is 0 Å². The molecule has 2 aliphatic carbocycles. The first-order valence-corrected chi connectivity index (χ1v) is 7.73. The number of rotatable bonds is 3. The molecule has 1 N–H and O–H groups in total. The molecule has 0 spiro atoms. The number of aliphatic hydroxyl groups excluding tert-OH is 1. The van der Waals surface area contributed by atoms with Crippen molar-refractivity contribution in [1.82, 2.24) is 4.90 Å². The summed E-state index contributed by atoms with van der Waals surface area (Å²) in [5.74, 6) is -0.141. The lowest BCUT2D eigenvalue weighted by molar-refractivity contribution is -0.125. The van der Waals surface area contributed by atoms with Gasteiger partial charge in [-0.25, -0.2) is 0 Å². The molecule has 1 aliphatic heterocycles. The van der Waals surface area contributed by atoms with Crippen LogP contribution in [0, 0.1) is 0 Å². The second-order valence-electron chi connectivity index (χ2n) is 6.14. The van der Waals surface area contributed by atoms with Gasteiger partial charge in [0.2, 0.25) is 5.78 Å². The minimum absolute atomic E-state index is 0.120. The number of likely N-dealkylation sites (N-methyl/N-ethyl adjacent to an activating group) is 1. The van der Waals surface area contributed by atoms with E-state index in [-0.39, 0.29) is 17.6 Å². The Labute approximate surface area is 136 Å². The van der Waals surface area contributed by atoms with E-state index in [1.165, 1.54) is 0 Å². The molecular formula is C19H21NO3. The average molecular weight is 311 g/mol. The Balaban J connectivity index is 2.05. The minimum Gasteiger partial charge on any atom is -0.485 e. The number of ketones is 1. The van der Waals surface area contributed by atoms with Crippen molar-refractivity contribution in [1.29, 1.82) is 0 Å². The number of carbonyl (C=O) groups excluding carboxylic acids is 1. The van der Waals surface area contributed by atoms with Gasteiger partial charge in [0, 0.05) is 18.3 Å². The highest BCUT2D eigenvalue weighted by molar-refractivity contribution is 6.01. The van der Waals surface area contributed by atoms with E-state index < -0.39 is 6.10 Å². The van der Waals surface area contributed by atoms with Gasteiger partial charge in [0.15, 0.2) is 5.76 Å². The van der Waals surface area contributed by atoms with Gasteiger partial charge in [0.25, 0.3) is 0 Å². The summed E-state index contributed by atoms with van der Waals surface area (Å²) in [5, 5.41) is 10.1. The number of aliphatic hydroxyl groups is 1. The molecule has 3 rings (SSSR count). The van der Waals surface area contributed by atoms with E-state index in [0.29, 0.717) is 6.61 Å². The summed E-state index contributed by atoms with van der Waals surface area (Å²) in [6.45, 7) is 4.27. The van der Waals surface area contributed by atoms with Crippen LogP contribution in [0.2, 0.25) is 0 Å². The third kappa shape index (κ3) is 2.82. The number of Topliss-reactive ketones (excluding diaryl/α,β-unsaturated/α-hetero) is 1. The van der Waals surface area contributed by atoms with Gasteiger partial charge in [0.05, 0.1) is 6.04 Å². The van der Waals surface area contributed by atoms with E-state index >= 15 is 0 Å². The Morgan fingerprint density at radius 2 is 2.17 bits per heavy atom. The minimum atomic E-state index is -1.16. The van der Waals surface area contributed by atoms with Crippen LogP contribution < -0.4 is 0 Å². The maximum atomic E-state index is 12.3. The number of hydrogen-bond acceptors (Lipinski definition) is 4. The molecule has 4 heteroatoms. The molecule has 0 aromatic heterocycles. The highest BCUT2D eigenvalue weighted by Crippen LogP contribution is 2.36. The SMILES string of the molecule is CC(C)=CCOC1=C2C=C3C=CC=CC3N(C)C2=CC(O)C1=O. The molecule has 1 heterocycles. The summed E-state index contributed by atoms with van der Waals surface area (Å²) < 4.78 is 5.71. The number of allylic oxidation sites excluding steroid dienone is 4. The van der Waals surface area contributed by atoms with Gasteiger partial charge in [-0.05, 0) is 37.6 Å². The van der Waals surface area contributed by atoms with Crippen LogP contribution in [0.15, 0.2) is 70.7 Å². The second kappa shape index (κ2) is 6.05. The van der Waals surface area contributed by atoms with Crippen LogP contribution >= 0.6 is 0 Å². The van der Waals surface area contributed by atoms with Crippen molar-refractivity contribution in [2.24, 2.45) is 0 Å². The molecule has 0 amide bonds. The highest BCUT2D eigenvalue weighted by Gasteiger charge is 2.36. The fourth-order valence-corrected chi connectivity index (χ4v) is 2.93. The summed E-state index contributed by atoms with van der Waals surface area (Å²) in [5.41, 5.74) is 3.80. The third-order valence-electron chi connectivity index (χ3n) is 4.19. The molecule has 2 atom stereocenters. The van der Waals surface area contributed by atoms with Gasteiger partial charge in [-0.15, -0.1) is 0 Å². The number of nitrogens with zero attached hydrogens (tertiary/aromatic N) is 1. The van der Waals surface area contributed by atoms with Crippen molar-refractivity contribution in [3.05, 3.63) is 70.7 Å². The van der Waals surface area contributed by atoms with Gasteiger partial charge in [-0.2, -0.15) is 0 Å². The van der Waals surface area contributed by atoms with E-state index in [4.69, 9.17) is 4.74 Å². The van der Waals surface area contributed by atoms with Crippen LogP contribution in [0.1, 0.15) is 13.8 Å². The predicted octanol–water partition coefficient (Wildman–Crippen LogP) is 2.42. The average Bonchev–Trinajstić information content (AvgIpc) is 2.52. The zero-order chi connectivity index (χ0) is 16.6. The molecule has 0 fully saturated rings. The third-order valence-corrected chi connectivity index (χ3v) is 4.19. The Hall–Kier alpha value is -2.33. The van der Waals surface area contributed by atoms with Gasteiger partial charge in [0.1, 0.15) is 12.7 Å². The van der Waals surface area contributed by atoms with Crippen LogP contribution in [0.5, 0.6) is 0 Å². The molecule has 3 aliphatic rings. The Bertz CT molecular complexity index is 715. The number of ether oxygens (including phenoxy) is 1. The molecule has 0 saturated carbocycles. The van der Waals surface area contributed by atoms with Crippen molar-refractivity contribution in [2.75, 3.05) is 13.7 Å². The number of fused-ring (bicyclic) bond motifs is 2. The first-order valence-electron chi connectivity index (χ1n) is 7.73. The van der Waals surface area contributed by atoms with E-state index in [1.54, 1.807) is 6.08 Å². The van der Waals surface area contributed by atoms with E-state index in [2.05, 4.69) is 11.0 Å². The maximum absolute atomic E-state index is 12.3. The van der Waals surface area contributed by atoms with E-state index in [9.17, 15) is 9.90 Å². The van der Waals surface area contributed by atoms with E-state index in [1.807, 2.05) is 51.3 Å². The molecule has 23 heavy (non-hydrogen) atoms. The van der Waals surface area contributed by atoms with Crippen molar-refractivity contribution in [3.63, 3.8) is 0 Å². The lowest BCUT2D eigenvalue weighted by Gasteiger charge is -2.39. The summed E-state index contributed by atoms with van der Waals surface area (Å²) >= 11 is 0. The molecule has 2 unspecified atom stereocenters. The van der Waals surface area contributed by atoms with Gasteiger partial charge < -0.3 is 14.7 Å². The monoisotopic (exact) mass is 311 g/mol. The van der Waals surface area contributed by atoms with Crippen molar-refractivity contribution < 1.29 is 14.6 Å². The molecule has 0 saturated heterocycles. The highest BCUT2D eigenvalue weighted by atomic mass is 16.5. The first-order chi connectivity index (χ1) is 11.0. The molecule has 0 bridgehead atoms. The predicted molar refractivity (Wildman–Crippen MR) is 89.4 cm³/mol. The number of hydrogen-bond donors (Lipinski definition) is 1. The van der Waals surface area contributed by atoms with Crippen LogP contribution in [0.4, 0.5) is 0 Å². The van der Waals surface area contributed by atoms with Crippen LogP contribution in [-0.2, 0) is 9.53 Å². The quantitative estimate of drug-likeness (QED) is 0.813.